The largest absolute Gasteiger partial charge is 0.356 e. The summed E-state index contributed by atoms with van der Waals surface area (Å²) in [6, 6.07) is 11.5. The number of rotatable bonds is 7. The van der Waals surface area contributed by atoms with Crippen LogP contribution in [-0.4, -0.2) is 43.6 Å². The van der Waals surface area contributed by atoms with E-state index < -0.39 is 18.6 Å². The summed E-state index contributed by atoms with van der Waals surface area (Å²) in [4.78, 5) is 29.0. The van der Waals surface area contributed by atoms with Crippen LogP contribution in [0.2, 0.25) is 0 Å². The maximum absolute atomic E-state index is 13.2. The van der Waals surface area contributed by atoms with Crippen molar-refractivity contribution in [3.8, 4) is 0 Å². The van der Waals surface area contributed by atoms with Crippen LogP contribution in [-0.2, 0) is 0 Å². The normalized spacial score (nSPS) is 16.4. The van der Waals surface area contributed by atoms with Crippen LogP contribution < -0.4 is 21.3 Å². The highest BCUT2D eigenvalue weighted by Gasteiger charge is 2.27. The molecule has 1 heterocycles. The topological polar surface area (TPSA) is 94.6 Å². The molecule has 0 radical (unpaired) electrons. The number of hydrogen-bond acceptors (Lipinski definition) is 5. The first-order chi connectivity index (χ1) is 15.9. The smallest absolute Gasteiger partial charge is 0.287 e. The second-order valence-electron chi connectivity index (χ2n) is 7.96. The quantitative estimate of drug-likeness (QED) is 0.475. The Morgan fingerprint density at radius 2 is 1.82 bits per heavy atom. The fraction of sp³-hybridized carbons (Fsp3) is 0.348. The van der Waals surface area contributed by atoms with Crippen LogP contribution in [0.25, 0.3) is 0 Å². The number of amides is 2. The first-order valence-electron chi connectivity index (χ1n) is 10.7. The Bertz CT molecular complexity index is 1070. The zero-order valence-corrected chi connectivity index (χ0v) is 17.7. The fourth-order valence-corrected chi connectivity index (χ4v) is 3.51. The van der Waals surface area contributed by atoms with Crippen molar-refractivity contribution in [2.24, 2.45) is 4.99 Å². The van der Waals surface area contributed by atoms with E-state index in [4.69, 9.17) is 0 Å². The van der Waals surface area contributed by atoms with Crippen molar-refractivity contribution in [3.63, 3.8) is 0 Å². The maximum atomic E-state index is 13.2. The van der Waals surface area contributed by atoms with Gasteiger partial charge in [-0.15, -0.1) is 0 Å². The third kappa shape index (κ3) is 5.82. The molecule has 1 saturated carbocycles. The molecule has 0 aromatic heterocycles. The van der Waals surface area contributed by atoms with Gasteiger partial charge in [-0.1, -0.05) is 6.07 Å². The van der Waals surface area contributed by atoms with Gasteiger partial charge >= 0.3 is 0 Å². The van der Waals surface area contributed by atoms with Gasteiger partial charge in [0, 0.05) is 35.6 Å². The second kappa shape index (κ2) is 9.93. The minimum Gasteiger partial charge on any atom is -0.356 e. The summed E-state index contributed by atoms with van der Waals surface area (Å²) in [5, 5.41) is 10.7. The van der Waals surface area contributed by atoms with Crippen molar-refractivity contribution in [1.82, 2.24) is 16.0 Å². The molecule has 1 unspecified atom stereocenters. The van der Waals surface area contributed by atoms with E-state index >= 15 is 0 Å². The molecule has 2 aliphatic rings. The average Bonchev–Trinajstić information content (AvgIpc) is 3.65. The lowest BCUT2D eigenvalue weighted by Gasteiger charge is -2.17. The SMILES string of the molecule is O=C(NC1=NCCCN1)c1ccc(Nc2cccc(C(=O)NC(F)C(F)F)c2)c(C2CC2)c1. The molecular formula is C23H24F3N5O2. The standard InChI is InChI=1S/C23H24F3N5O2/c24-19(25)20(26)30-21(32)14-3-1-4-16(11-14)29-18-8-7-15(12-17(18)13-5-6-13)22(33)31-23-27-9-2-10-28-23/h1,3-4,7-8,11-13,19-20,29H,2,5-6,9-10H2,(H,30,32)(H2,27,28,31,33). The zero-order chi connectivity index (χ0) is 23.4. The van der Waals surface area contributed by atoms with E-state index in [1.165, 1.54) is 12.1 Å². The zero-order valence-electron chi connectivity index (χ0n) is 17.7. The molecule has 1 aliphatic heterocycles. The number of benzene rings is 2. The third-order valence-corrected chi connectivity index (χ3v) is 5.35. The van der Waals surface area contributed by atoms with Crippen molar-refractivity contribution in [2.75, 3.05) is 18.4 Å². The van der Waals surface area contributed by atoms with Gasteiger partial charge in [-0.25, -0.2) is 13.2 Å². The van der Waals surface area contributed by atoms with Crippen LogP contribution in [0.4, 0.5) is 24.5 Å². The summed E-state index contributed by atoms with van der Waals surface area (Å²) in [5.41, 5.74) is 2.84. The average molecular weight is 459 g/mol. The number of carbonyl (C=O) groups is 2. The highest BCUT2D eigenvalue weighted by molar-refractivity contribution is 6.06. The molecule has 0 spiro atoms. The summed E-state index contributed by atoms with van der Waals surface area (Å²) in [6.07, 6.45) is -3.10. The molecule has 1 aliphatic carbocycles. The Hall–Kier alpha value is -3.56. The predicted molar refractivity (Wildman–Crippen MR) is 119 cm³/mol. The van der Waals surface area contributed by atoms with Gasteiger partial charge in [0.1, 0.15) is 0 Å². The Kier molecular flexibility index (Phi) is 6.81. The van der Waals surface area contributed by atoms with E-state index in [-0.39, 0.29) is 11.5 Å². The van der Waals surface area contributed by atoms with Gasteiger partial charge < -0.3 is 16.0 Å². The van der Waals surface area contributed by atoms with Gasteiger partial charge in [0.15, 0.2) is 5.96 Å². The minimum atomic E-state index is -3.30. The summed E-state index contributed by atoms with van der Waals surface area (Å²) < 4.78 is 37.9. The number of carbonyl (C=O) groups excluding carboxylic acids is 2. The van der Waals surface area contributed by atoms with Crippen LogP contribution in [0.3, 0.4) is 0 Å². The van der Waals surface area contributed by atoms with Crippen molar-refractivity contribution in [1.29, 1.82) is 0 Å². The van der Waals surface area contributed by atoms with E-state index in [0.29, 0.717) is 29.7 Å². The number of nitrogens with one attached hydrogen (secondary N) is 4. The number of guanidine groups is 1. The predicted octanol–water partition coefficient (Wildman–Crippen LogP) is 3.68. The molecule has 4 N–H and O–H groups in total. The molecule has 33 heavy (non-hydrogen) atoms. The van der Waals surface area contributed by atoms with Crippen LogP contribution in [0.15, 0.2) is 47.5 Å². The van der Waals surface area contributed by atoms with Gasteiger partial charge in [0.2, 0.25) is 6.30 Å². The van der Waals surface area contributed by atoms with Gasteiger partial charge in [-0.3, -0.25) is 19.9 Å². The molecule has 174 valence electrons. The van der Waals surface area contributed by atoms with Crippen molar-refractivity contribution < 1.29 is 22.8 Å². The molecule has 2 aromatic rings. The first-order valence-corrected chi connectivity index (χ1v) is 10.7. The molecule has 10 heteroatoms. The lowest BCUT2D eigenvalue weighted by atomic mass is 10.0. The maximum Gasteiger partial charge on any atom is 0.287 e. The van der Waals surface area contributed by atoms with Gasteiger partial charge in [0.05, 0.1) is 0 Å². The monoisotopic (exact) mass is 459 g/mol. The first kappa shape index (κ1) is 22.6. The van der Waals surface area contributed by atoms with Crippen molar-refractivity contribution >= 4 is 29.1 Å². The summed E-state index contributed by atoms with van der Waals surface area (Å²) in [5.74, 6) is -0.399. The number of hydrogen-bond donors (Lipinski definition) is 4. The van der Waals surface area contributed by atoms with Crippen LogP contribution in [0, 0.1) is 0 Å². The molecule has 1 atom stereocenters. The molecular weight excluding hydrogens is 435 g/mol. The molecule has 0 bridgehead atoms. The Morgan fingerprint density at radius 3 is 2.52 bits per heavy atom. The molecule has 1 fully saturated rings. The van der Waals surface area contributed by atoms with E-state index in [2.05, 4.69) is 20.9 Å². The molecule has 0 saturated heterocycles. The number of aliphatic imine (C=N–C) groups is 1. The van der Waals surface area contributed by atoms with E-state index in [1.54, 1.807) is 29.6 Å². The number of nitrogens with zero attached hydrogens (tertiary/aromatic N) is 1. The third-order valence-electron chi connectivity index (χ3n) is 5.35. The molecule has 4 rings (SSSR count). The number of anilines is 2. The highest BCUT2D eigenvalue weighted by Crippen LogP contribution is 2.44. The van der Waals surface area contributed by atoms with Crippen LogP contribution in [0.1, 0.15) is 51.5 Å². The molecule has 2 amide bonds. The summed E-state index contributed by atoms with van der Waals surface area (Å²) >= 11 is 0. The Morgan fingerprint density at radius 1 is 1.03 bits per heavy atom. The van der Waals surface area contributed by atoms with Crippen LogP contribution >= 0.6 is 0 Å². The number of halogens is 3. The van der Waals surface area contributed by atoms with Crippen LogP contribution in [0.5, 0.6) is 0 Å². The van der Waals surface area contributed by atoms with Crippen molar-refractivity contribution in [3.05, 3.63) is 59.2 Å². The lowest BCUT2D eigenvalue weighted by molar-refractivity contribution is 0.0287. The summed E-state index contributed by atoms with van der Waals surface area (Å²) in [7, 11) is 0. The van der Waals surface area contributed by atoms with Gasteiger partial charge in [-0.05, 0) is 67.1 Å². The van der Waals surface area contributed by atoms with Gasteiger partial charge in [0.25, 0.3) is 18.2 Å². The fourth-order valence-electron chi connectivity index (χ4n) is 3.51. The number of alkyl halides is 3. The lowest BCUT2D eigenvalue weighted by Crippen LogP contribution is -2.43. The van der Waals surface area contributed by atoms with Gasteiger partial charge in [-0.2, -0.15) is 0 Å². The van der Waals surface area contributed by atoms with E-state index in [9.17, 15) is 22.8 Å². The minimum absolute atomic E-state index is 0.0491. The highest BCUT2D eigenvalue weighted by atomic mass is 19.3. The van der Waals surface area contributed by atoms with E-state index in [0.717, 1.165) is 37.1 Å². The molecule has 2 aromatic carbocycles. The van der Waals surface area contributed by atoms with Crippen molar-refractivity contribution in [2.45, 2.75) is 37.9 Å². The Labute approximate surface area is 188 Å². The molecule has 7 nitrogen and oxygen atoms in total. The second-order valence-corrected chi connectivity index (χ2v) is 7.96. The summed E-state index contributed by atoms with van der Waals surface area (Å²) in [6.45, 7) is 1.44. The van der Waals surface area contributed by atoms with E-state index in [1.807, 2.05) is 6.07 Å². The Balaban J connectivity index is 1.50.